The monoisotopic (exact) mass is 288 g/mol. The molecule has 0 unspecified atom stereocenters. The molecule has 0 atom stereocenters. The fourth-order valence-electron chi connectivity index (χ4n) is 2.33. The van der Waals surface area contributed by atoms with Gasteiger partial charge in [0.2, 0.25) is 0 Å². The van der Waals surface area contributed by atoms with Crippen molar-refractivity contribution in [2.24, 2.45) is 5.92 Å². The van der Waals surface area contributed by atoms with Gasteiger partial charge in [0.25, 0.3) is 0 Å². The summed E-state index contributed by atoms with van der Waals surface area (Å²) >= 11 is 0. The third-order valence-corrected chi connectivity index (χ3v) is 7.35. The molecule has 0 saturated carbocycles. The third-order valence-electron chi connectivity index (χ3n) is 3.32. The molecule has 102 valence electrons. The van der Waals surface area contributed by atoms with Gasteiger partial charge in [0.05, 0.1) is 27.2 Å². The summed E-state index contributed by atoms with van der Waals surface area (Å²) in [6.07, 6.45) is 0.849. The summed E-state index contributed by atoms with van der Waals surface area (Å²) in [5.74, 6) is -0.609. The fourth-order valence-corrected chi connectivity index (χ4v) is 5.59. The van der Waals surface area contributed by atoms with Gasteiger partial charge >= 0.3 is 15.2 Å². The Morgan fingerprint density at radius 3 is 1.65 bits per heavy atom. The Morgan fingerprint density at radius 1 is 1.00 bits per heavy atom. The predicted molar refractivity (Wildman–Crippen MR) is 62.4 cm³/mol. The molecule has 0 aromatic heterocycles. The number of hydrogen-bond donors (Lipinski definition) is 4. The van der Waals surface area contributed by atoms with Crippen molar-refractivity contribution in [3.8, 4) is 0 Å². The molecule has 1 saturated heterocycles. The Balaban J connectivity index is 2.89. The van der Waals surface area contributed by atoms with Crippen molar-refractivity contribution in [1.29, 1.82) is 0 Å². The maximum atomic E-state index is 11.2. The summed E-state index contributed by atoms with van der Waals surface area (Å²) in [7, 11) is -5.58. The van der Waals surface area contributed by atoms with Crippen LogP contribution in [0.5, 0.6) is 0 Å². The molecule has 7 nitrogen and oxygen atoms in total. The van der Waals surface area contributed by atoms with Crippen LogP contribution >= 0.6 is 15.2 Å². The lowest BCUT2D eigenvalue weighted by atomic mass is 9.97. The van der Waals surface area contributed by atoms with Crippen LogP contribution in [0.25, 0.3) is 0 Å². The Labute approximate surface area is 100 Å². The molecule has 0 radical (unpaired) electrons. The first kappa shape index (κ1) is 15.3. The molecular formula is C8H20NO6P2+. The number of piperidine rings is 1. The zero-order valence-electron chi connectivity index (χ0n) is 9.93. The van der Waals surface area contributed by atoms with Crippen LogP contribution in [0.2, 0.25) is 0 Å². The van der Waals surface area contributed by atoms with Crippen LogP contribution in [0.1, 0.15) is 12.8 Å². The van der Waals surface area contributed by atoms with E-state index in [1.165, 1.54) is 0 Å². The summed E-state index contributed by atoms with van der Waals surface area (Å²) in [5.41, 5.74) is 0. The molecule has 0 amide bonds. The van der Waals surface area contributed by atoms with Gasteiger partial charge in [-0.25, -0.2) is 0 Å². The van der Waals surface area contributed by atoms with Crippen LogP contribution in [0.4, 0.5) is 0 Å². The van der Waals surface area contributed by atoms with Crippen LogP contribution < -0.4 is 0 Å². The van der Waals surface area contributed by atoms with Crippen LogP contribution in [-0.2, 0) is 9.13 Å². The molecule has 1 fully saturated rings. The third kappa shape index (κ3) is 4.14. The molecule has 0 aliphatic carbocycles. The van der Waals surface area contributed by atoms with Crippen molar-refractivity contribution in [3.63, 3.8) is 0 Å². The second-order valence-electron chi connectivity index (χ2n) is 5.31. The highest BCUT2D eigenvalue weighted by Crippen LogP contribution is 2.64. The highest BCUT2D eigenvalue weighted by Gasteiger charge is 2.50. The molecule has 4 N–H and O–H groups in total. The highest BCUT2D eigenvalue weighted by molar-refractivity contribution is 7.70. The minimum atomic E-state index is -4.78. The van der Waals surface area contributed by atoms with E-state index in [4.69, 9.17) is 19.6 Å². The first-order chi connectivity index (χ1) is 7.43. The Hall–Kier alpha value is 0.260. The van der Waals surface area contributed by atoms with Crippen LogP contribution in [0.15, 0.2) is 0 Å². The fraction of sp³-hybridized carbons (Fsp3) is 1.00. The van der Waals surface area contributed by atoms with E-state index in [2.05, 4.69) is 0 Å². The zero-order chi connectivity index (χ0) is 13.5. The van der Waals surface area contributed by atoms with Gasteiger partial charge in [-0.15, -0.1) is 0 Å². The number of rotatable bonds is 3. The minimum absolute atomic E-state index is 0.424. The lowest BCUT2D eigenvalue weighted by molar-refractivity contribution is -0.896. The SMILES string of the molecule is C[N+]1(C)CCC(C(P(=O)(O)O)P(=O)(O)O)CC1. The average Bonchev–Trinajstić information content (AvgIpc) is 2.03. The average molecular weight is 288 g/mol. The van der Waals surface area contributed by atoms with E-state index in [9.17, 15) is 9.13 Å². The molecule has 0 spiro atoms. The van der Waals surface area contributed by atoms with Crippen molar-refractivity contribution in [3.05, 3.63) is 0 Å². The molecule has 0 bridgehead atoms. The number of quaternary nitrogens is 1. The largest absolute Gasteiger partial charge is 0.340 e. The molecule has 1 aliphatic heterocycles. The van der Waals surface area contributed by atoms with Gasteiger partial charge in [0.15, 0.2) is 5.40 Å². The first-order valence-electron chi connectivity index (χ1n) is 5.36. The first-order valence-corrected chi connectivity index (χ1v) is 8.72. The van der Waals surface area contributed by atoms with Crippen molar-refractivity contribution in [2.45, 2.75) is 18.2 Å². The standard InChI is InChI=1S/C8H19NO6P2/c1-9(2)5-3-7(4-6-9)8(16(10,11)12)17(13,14)15/h7-8H,3-6H2,1-2H3,(H3-,10,11,12,13,14,15)/p+1. The number of nitrogens with zero attached hydrogens (tertiary/aromatic N) is 1. The molecule has 0 aromatic carbocycles. The van der Waals surface area contributed by atoms with E-state index < -0.39 is 26.5 Å². The smallest absolute Gasteiger partial charge is 0.328 e. The number of likely N-dealkylation sites (tertiary alicyclic amines) is 1. The van der Waals surface area contributed by atoms with Crippen molar-refractivity contribution < 1.29 is 33.2 Å². The lowest BCUT2D eigenvalue weighted by Crippen LogP contribution is -2.47. The molecular weight excluding hydrogens is 268 g/mol. The minimum Gasteiger partial charge on any atom is -0.328 e. The number of hydrogen-bond acceptors (Lipinski definition) is 2. The van der Waals surface area contributed by atoms with Gasteiger partial charge in [0, 0.05) is 12.8 Å². The van der Waals surface area contributed by atoms with Gasteiger partial charge in [-0.05, 0) is 5.92 Å². The molecule has 0 aromatic rings. The van der Waals surface area contributed by atoms with Crippen molar-refractivity contribution in [1.82, 2.24) is 0 Å². The predicted octanol–water partition coefficient (Wildman–Crippen LogP) is 0.154. The van der Waals surface area contributed by atoms with Crippen LogP contribution in [-0.4, -0.2) is 56.6 Å². The van der Waals surface area contributed by atoms with Gasteiger partial charge in [-0.2, -0.15) is 0 Å². The quantitative estimate of drug-likeness (QED) is 0.434. The summed E-state index contributed by atoms with van der Waals surface area (Å²) in [6, 6.07) is 0. The Bertz CT molecular complexity index is 340. The van der Waals surface area contributed by atoms with E-state index in [-0.39, 0.29) is 0 Å². The topological polar surface area (TPSA) is 115 Å². The van der Waals surface area contributed by atoms with Gasteiger partial charge in [0.1, 0.15) is 0 Å². The maximum Gasteiger partial charge on any atom is 0.340 e. The Morgan fingerprint density at radius 2 is 1.35 bits per heavy atom. The molecule has 17 heavy (non-hydrogen) atoms. The van der Waals surface area contributed by atoms with E-state index >= 15 is 0 Å². The van der Waals surface area contributed by atoms with Gasteiger partial charge in [-0.3, -0.25) is 9.13 Å². The summed E-state index contributed by atoms with van der Waals surface area (Å²) in [6.45, 7) is 1.34. The van der Waals surface area contributed by atoms with Crippen LogP contribution in [0.3, 0.4) is 0 Å². The molecule has 1 rings (SSSR count). The Kier molecular flexibility index (Phi) is 4.27. The second kappa shape index (κ2) is 4.74. The molecule has 9 heteroatoms. The van der Waals surface area contributed by atoms with Crippen molar-refractivity contribution >= 4 is 15.2 Å². The molecule has 1 aliphatic rings. The van der Waals surface area contributed by atoms with E-state index in [0.717, 1.165) is 0 Å². The van der Waals surface area contributed by atoms with Gasteiger partial charge < -0.3 is 24.1 Å². The zero-order valence-corrected chi connectivity index (χ0v) is 11.7. The maximum absolute atomic E-state index is 11.2. The van der Waals surface area contributed by atoms with E-state index in [1.54, 1.807) is 0 Å². The lowest BCUT2D eigenvalue weighted by Gasteiger charge is -2.39. The van der Waals surface area contributed by atoms with Crippen LogP contribution in [0, 0.1) is 5.92 Å². The van der Waals surface area contributed by atoms with Crippen molar-refractivity contribution in [2.75, 3.05) is 27.2 Å². The normalized spacial score (nSPS) is 23.0. The summed E-state index contributed by atoms with van der Waals surface area (Å²) in [5, 5.41) is -1.84. The van der Waals surface area contributed by atoms with E-state index in [1.807, 2.05) is 14.1 Å². The highest BCUT2D eigenvalue weighted by atomic mass is 31.2. The second-order valence-corrected chi connectivity index (χ2v) is 9.19. The van der Waals surface area contributed by atoms with E-state index in [0.29, 0.717) is 30.4 Å². The van der Waals surface area contributed by atoms with Gasteiger partial charge in [-0.1, -0.05) is 0 Å². The summed E-state index contributed by atoms with van der Waals surface area (Å²) in [4.78, 5) is 36.4. The summed E-state index contributed by atoms with van der Waals surface area (Å²) < 4.78 is 23.2. The molecule has 1 heterocycles.